The predicted octanol–water partition coefficient (Wildman–Crippen LogP) is 2.80. The number of rotatable bonds is 3. The van der Waals surface area contributed by atoms with Gasteiger partial charge in [0.15, 0.2) is 0 Å². The average molecular weight is 302 g/mol. The number of ether oxygens (including phenoxy) is 1. The summed E-state index contributed by atoms with van der Waals surface area (Å²) in [7, 11) is 1.67. The second kappa shape index (κ2) is 5.95. The Hall–Kier alpha value is -1.72. The Bertz CT molecular complexity index is 666. The van der Waals surface area contributed by atoms with Crippen LogP contribution in [0.2, 0.25) is 0 Å². The van der Waals surface area contributed by atoms with Crippen molar-refractivity contribution < 1.29 is 9.53 Å². The number of hydrogen-bond donors (Lipinski definition) is 0. The van der Waals surface area contributed by atoms with Crippen molar-refractivity contribution in [2.45, 2.75) is 26.5 Å². The summed E-state index contributed by atoms with van der Waals surface area (Å²) in [5.41, 5.74) is 2.95. The molecule has 1 aliphatic heterocycles. The van der Waals surface area contributed by atoms with Crippen molar-refractivity contribution in [3.8, 4) is 0 Å². The lowest BCUT2D eigenvalue weighted by atomic mass is 10.1. The van der Waals surface area contributed by atoms with Crippen LogP contribution >= 0.6 is 11.3 Å². The number of carbonyl (C=O) groups is 1. The van der Waals surface area contributed by atoms with Crippen LogP contribution in [-0.2, 0) is 24.3 Å². The molecule has 0 unspecified atom stereocenters. The first-order chi connectivity index (χ1) is 10.2. The van der Waals surface area contributed by atoms with E-state index in [1.54, 1.807) is 18.4 Å². The molecule has 0 N–H and O–H groups in total. The number of aryl methyl sites for hydroxylation is 1. The number of methoxy groups -OCH3 is 1. The largest absolute Gasteiger partial charge is 0.378 e. The molecule has 0 saturated heterocycles. The van der Waals surface area contributed by atoms with Gasteiger partial charge in [0.25, 0.3) is 5.91 Å². The van der Waals surface area contributed by atoms with Gasteiger partial charge in [0.2, 0.25) is 0 Å². The molecule has 1 aromatic carbocycles. The van der Waals surface area contributed by atoms with Gasteiger partial charge in [0, 0.05) is 30.5 Å². The normalized spacial score (nSPS) is 14.1. The van der Waals surface area contributed by atoms with Gasteiger partial charge in [-0.3, -0.25) is 4.79 Å². The molecule has 0 atom stereocenters. The smallest absolute Gasteiger partial charge is 0.254 e. The van der Waals surface area contributed by atoms with Gasteiger partial charge < -0.3 is 9.64 Å². The van der Waals surface area contributed by atoms with Gasteiger partial charge >= 0.3 is 0 Å². The Morgan fingerprint density at radius 3 is 3.00 bits per heavy atom. The Kier molecular flexibility index (Phi) is 4.03. The van der Waals surface area contributed by atoms with Crippen molar-refractivity contribution in [3.05, 3.63) is 51.0 Å². The van der Waals surface area contributed by atoms with Crippen LogP contribution in [0, 0.1) is 6.92 Å². The number of amides is 1. The fraction of sp³-hybridized carbons (Fsp3) is 0.375. The fourth-order valence-corrected chi connectivity index (χ4v) is 3.69. The van der Waals surface area contributed by atoms with Gasteiger partial charge in [-0.1, -0.05) is 18.2 Å². The number of hydrogen-bond acceptors (Lipinski definition) is 4. The number of nitrogens with zero attached hydrogens (tertiary/aromatic N) is 2. The minimum atomic E-state index is 0.112. The Labute approximate surface area is 128 Å². The summed E-state index contributed by atoms with van der Waals surface area (Å²) in [5, 5.41) is 0.993. The predicted molar refractivity (Wildman–Crippen MR) is 82.5 cm³/mol. The van der Waals surface area contributed by atoms with Crippen LogP contribution in [0.15, 0.2) is 24.3 Å². The second-order valence-electron chi connectivity index (χ2n) is 5.20. The van der Waals surface area contributed by atoms with Crippen molar-refractivity contribution in [1.82, 2.24) is 9.88 Å². The number of fused-ring (bicyclic) bond motifs is 1. The lowest BCUT2D eigenvalue weighted by molar-refractivity contribution is 0.0735. The van der Waals surface area contributed by atoms with Gasteiger partial charge in [-0.25, -0.2) is 4.98 Å². The summed E-state index contributed by atoms with van der Waals surface area (Å²) in [6, 6.07) is 7.75. The van der Waals surface area contributed by atoms with E-state index >= 15 is 0 Å². The molecule has 110 valence electrons. The standard InChI is InChI=1S/C16H18N2O2S/c1-11-5-3-4-6-12(11)16(19)18-8-7-13-14(9-18)21-15(17-13)10-20-2/h3-6H,7-10H2,1-2H3. The van der Waals surface area contributed by atoms with E-state index in [1.807, 2.05) is 36.1 Å². The monoisotopic (exact) mass is 302 g/mol. The SMILES string of the molecule is COCc1nc2c(s1)CN(C(=O)c1ccccc1C)CC2. The summed E-state index contributed by atoms with van der Waals surface area (Å²) in [4.78, 5) is 20.3. The van der Waals surface area contributed by atoms with Crippen molar-refractivity contribution >= 4 is 17.2 Å². The van der Waals surface area contributed by atoms with E-state index < -0.39 is 0 Å². The molecule has 1 aliphatic rings. The van der Waals surface area contributed by atoms with Crippen molar-refractivity contribution in [3.63, 3.8) is 0 Å². The summed E-state index contributed by atoms with van der Waals surface area (Å²) < 4.78 is 5.13. The summed E-state index contributed by atoms with van der Waals surface area (Å²) in [6.07, 6.45) is 0.827. The third-order valence-corrected chi connectivity index (χ3v) is 4.76. The number of carbonyl (C=O) groups excluding carboxylic acids is 1. The molecule has 0 spiro atoms. The maximum atomic E-state index is 12.6. The molecular weight excluding hydrogens is 284 g/mol. The number of thiazole rings is 1. The molecular formula is C16H18N2O2S. The van der Waals surface area contributed by atoms with Crippen molar-refractivity contribution in [2.75, 3.05) is 13.7 Å². The maximum absolute atomic E-state index is 12.6. The van der Waals surface area contributed by atoms with E-state index in [-0.39, 0.29) is 5.91 Å². The van der Waals surface area contributed by atoms with Gasteiger partial charge in [-0.05, 0) is 18.6 Å². The van der Waals surface area contributed by atoms with Crippen LogP contribution in [0.5, 0.6) is 0 Å². The highest BCUT2D eigenvalue weighted by Crippen LogP contribution is 2.26. The molecule has 1 amide bonds. The van der Waals surface area contributed by atoms with Crippen LogP contribution in [0.25, 0.3) is 0 Å². The van der Waals surface area contributed by atoms with Gasteiger partial charge in [-0.2, -0.15) is 0 Å². The summed E-state index contributed by atoms with van der Waals surface area (Å²) >= 11 is 1.65. The Morgan fingerprint density at radius 2 is 2.24 bits per heavy atom. The zero-order valence-corrected chi connectivity index (χ0v) is 13.1. The minimum Gasteiger partial charge on any atom is -0.378 e. The molecule has 0 aliphatic carbocycles. The summed E-state index contributed by atoms with van der Waals surface area (Å²) in [6.45, 7) is 3.91. The molecule has 4 nitrogen and oxygen atoms in total. The molecule has 2 heterocycles. The third-order valence-electron chi connectivity index (χ3n) is 3.71. The first-order valence-electron chi connectivity index (χ1n) is 7.00. The fourth-order valence-electron chi connectivity index (χ4n) is 2.59. The Morgan fingerprint density at radius 1 is 1.43 bits per heavy atom. The lowest BCUT2D eigenvalue weighted by Crippen LogP contribution is -2.35. The van der Waals surface area contributed by atoms with E-state index in [4.69, 9.17) is 4.74 Å². The van der Waals surface area contributed by atoms with Crippen LogP contribution in [-0.4, -0.2) is 29.4 Å². The zero-order valence-electron chi connectivity index (χ0n) is 12.3. The first kappa shape index (κ1) is 14.2. The van der Waals surface area contributed by atoms with E-state index in [9.17, 15) is 4.79 Å². The quantitative estimate of drug-likeness (QED) is 0.875. The number of benzene rings is 1. The minimum absolute atomic E-state index is 0.112. The Balaban J connectivity index is 1.79. The highest BCUT2D eigenvalue weighted by Gasteiger charge is 2.25. The van der Waals surface area contributed by atoms with Gasteiger partial charge in [0.05, 0.1) is 18.8 Å². The molecule has 0 fully saturated rings. The lowest BCUT2D eigenvalue weighted by Gasteiger charge is -2.26. The highest BCUT2D eigenvalue weighted by molar-refractivity contribution is 7.11. The third kappa shape index (κ3) is 2.84. The van der Waals surface area contributed by atoms with Crippen LogP contribution in [0.3, 0.4) is 0 Å². The molecule has 0 radical (unpaired) electrons. The van der Waals surface area contributed by atoms with E-state index in [0.717, 1.165) is 34.8 Å². The molecule has 21 heavy (non-hydrogen) atoms. The molecule has 0 saturated carbocycles. The van der Waals surface area contributed by atoms with E-state index in [1.165, 1.54) is 4.88 Å². The van der Waals surface area contributed by atoms with E-state index in [2.05, 4.69) is 4.98 Å². The number of aromatic nitrogens is 1. The molecule has 5 heteroatoms. The van der Waals surface area contributed by atoms with Gasteiger partial charge in [0.1, 0.15) is 5.01 Å². The summed E-state index contributed by atoms with van der Waals surface area (Å²) in [5.74, 6) is 0.112. The topological polar surface area (TPSA) is 42.4 Å². The zero-order chi connectivity index (χ0) is 14.8. The molecule has 0 bridgehead atoms. The van der Waals surface area contributed by atoms with Crippen LogP contribution in [0.4, 0.5) is 0 Å². The van der Waals surface area contributed by atoms with Gasteiger partial charge in [-0.15, -0.1) is 11.3 Å². The molecule has 3 rings (SSSR count). The molecule has 2 aromatic rings. The second-order valence-corrected chi connectivity index (χ2v) is 6.37. The van der Waals surface area contributed by atoms with Crippen molar-refractivity contribution in [1.29, 1.82) is 0 Å². The first-order valence-corrected chi connectivity index (χ1v) is 7.82. The molecule has 1 aromatic heterocycles. The van der Waals surface area contributed by atoms with Crippen molar-refractivity contribution in [2.24, 2.45) is 0 Å². The van der Waals surface area contributed by atoms with Crippen LogP contribution in [0.1, 0.15) is 31.5 Å². The maximum Gasteiger partial charge on any atom is 0.254 e. The average Bonchev–Trinajstić information content (AvgIpc) is 2.89. The van der Waals surface area contributed by atoms with Crippen LogP contribution < -0.4 is 0 Å². The van der Waals surface area contributed by atoms with E-state index in [0.29, 0.717) is 13.2 Å². The highest BCUT2D eigenvalue weighted by atomic mass is 32.1.